The molecule has 1 aliphatic rings. The maximum atomic E-state index is 11.6. The Kier molecular flexibility index (Phi) is 3.90. The lowest BCUT2D eigenvalue weighted by Gasteiger charge is -2.14. The summed E-state index contributed by atoms with van der Waals surface area (Å²) in [5.74, 6) is -1.59. The summed E-state index contributed by atoms with van der Waals surface area (Å²) in [5, 5.41) is 2.43. The Hall–Kier alpha value is -1.11. The normalized spacial score (nSPS) is 24.8. The lowest BCUT2D eigenvalue weighted by molar-refractivity contribution is -0.144. The van der Waals surface area contributed by atoms with Crippen molar-refractivity contribution in [2.24, 2.45) is 5.92 Å². The van der Waals surface area contributed by atoms with E-state index < -0.39 is 33.7 Å². The first-order valence-corrected chi connectivity index (χ1v) is 6.76. The number of rotatable bonds is 3. The molecule has 92 valence electrons. The minimum atomic E-state index is -3.08. The highest BCUT2D eigenvalue weighted by Crippen LogP contribution is 2.18. The van der Waals surface area contributed by atoms with Gasteiger partial charge in [-0.25, -0.2) is 13.2 Å². The van der Waals surface area contributed by atoms with Crippen LogP contribution in [-0.4, -0.2) is 45.0 Å². The SMILES string of the molecule is COC(=O)C(C)NC(=O)C1CCS(=O)(=O)C1. The highest BCUT2D eigenvalue weighted by atomic mass is 32.2. The van der Waals surface area contributed by atoms with E-state index in [1.165, 1.54) is 14.0 Å². The third-order valence-electron chi connectivity index (χ3n) is 2.52. The molecule has 2 atom stereocenters. The van der Waals surface area contributed by atoms with Crippen LogP contribution in [0.1, 0.15) is 13.3 Å². The van der Waals surface area contributed by atoms with Crippen LogP contribution < -0.4 is 5.32 Å². The summed E-state index contributed by atoms with van der Waals surface area (Å²) in [5.41, 5.74) is 0. The van der Waals surface area contributed by atoms with Crippen molar-refractivity contribution in [2.45, 2.75) is 19.4 Å². The Balaban J connectivity index is 2.51. The Morgan fingerprint density at radius 3 is 2.50 bits per heavy atom. The molecule has 1 heterocycles. The molecule has 0 aliphatic carbocycles. The standard InChI is InChI=1S/C9H15NO5S/c1-6(9(12)15-2)10-8(11)7-3-4-16(13,14)5-7/h6-7H,3-5H2,1-2H3,(H,10,11). The molecule has 16 heavy (non-hydrogen) atoms. The van der Waals surface area contributed by atoms with Gasteiger partial charge in [0.15, 0.2) is 9.84 Å². The van der Waals surface area contributed by atoms with E-state index in [-0.39, 0.29) is 11.5 Å². The summed E-state index contributed by atoms with van der Waals surface area (Å²) in [6.07, 6.45) is 0.321. The number of nitrogens with one attached hydrogen (secondary N) is 1. The van der Waals surface area contributed by atoms with E-state index in [0.29, 0.717) is 6.42 Å². The quantitative estimate of drug-likeness (QED) is 0.655. The van der Waals surface area contributed by atoms with Crippen molar-refractivity contribution in [1.29, 1.82) is 0 Å². The molecule has 0 radical (unpaired) electrons. The predicted molar refractivity (Wildman–Crippen MR) is 56.4 cm³/mol. The van der Waals surface area contributed by atoms with Crippen LogP contribution >= 0.6 is 0 Å². The molecule has 0 saturated carbocycles. The third-order valence-corrected chi connectivity index (χ3v) is 4.28. The van der Waals surface area contributed by atoms with Crippen LogP contribution in [0.3, 0.4) is 0 Å². The topological polar surface area (TPSA) is 89.5 Å². The van der Waals surface area contributed by atoms with Crippen LogP contribution in [0.15, 0.2) is 0 Å². The lowest BCUT2D eigenvalue weighted by atomic mass is 10.1. The zero-order chi connectivity index (χ0) is 12.3. The van der Waals surface area contributed by atoms with E-state index >= 15 is 0 Å². The average molecular weight is 249 g/mol. The van der Waals surface area contributed by atoms with Crippen LogP contribution in [0.25, 0.3) is 0 Å². The molecule has 0 bridgehead atoms. The molecule has 1 aliphatic heterocycles. The third kappa shape index (κ3) is 3.19. The second-order valence-electron chi connectivity index (χ2n) is 3.85. The highest BCUT2D eigenvalue weighted by molar-refractivity contribution is 7.91. The Bertz CT molecular complexity index is 389. The fourth-order valence-corrected chi connectivity index (χ4v) is 3.31. The summed E-state index contributed by atoms with van der Waals surface area (Å²) >= 11 is 0. The van der Waals surface area contributed by atoms with Gasteiger partial charge in [0.05, 0.1) is 24.5 Å². The van der Waals surface area contributed by atoms with Crippen molar-refractivity contribution in [1.82, 2.24) is 5.32 Å². The molecular formula is C9H15NO5S. The van der Waals surface area contributed by atoms with Crippen molar-refractivity contribution < 1.29 is 22.7 Å². The first kappa shape index (κ1) is 13.0. The van der Waals surface area contributed by atoms with Gasteiger partial charge in [-0.2, -0.15) is 0 Å². The van der Waals surface area contributed by atoms with E-state index in [2.05, 4.69) is 10.1 Å². The molecule has 0 aromatic heterocycles. The number of hydrogen-bond acceptors (Lipinski definition) is 5. The fourth-order valence-electron chi connectivity index (χ4n) is 1.57. The molecule has 1 N–H and O–H groups in total. The maximum absolute atomic E-state index is 11.6. The van der Waals surface area contributed by atoms with Crippen LogP contribution in [0.5, 0.6) is 0 Å². The molecule has 2 unspecified atom stereocenters. The first-order chi connectivity index (χ1) is 7.35. The number of amides is 1. The van der Waals surface area contributed by atoms with Crippen molar-refractivity contribution in [3.8, 4) is 0 Å². The van der Waals surface area contributed by atoms with E-state index in [1.54, 1.807) is 0 Å². The second kappa shape index (κ2) is 4.82. The smallest absolute Gasteiger partial charge is 0.328 e. The molecule has 6 nitrogen and oxygen atoms in total. The fraction of sp³-hybridized carbons (Fsp3) is 0.778. The van der Waals surface area contributed by atoms with Gasteiger partial charge in [0.2, 0.25) is 5.91 Å². The molecule has 1 saturated heterocycles. The molecule has 0 spiro atoms. The lowest BCUT2D eigenvalue weighted by Crippen LogP contribution is -2.42. The van der Waals surface area contributed by atoms with Crippen LogP contribution in [0, 0.1) is 5.92 Å². The average Bonchev–Trinajstić information content (AvgIpc) is 2.57. The largest absolute Gasteiger partial charge is 0.467 e. The maximum Gasteiger partial charge on any atom is 0.328 e. The Morgan fingerprint density at radius 2 is 2.06 bits per heavy atom. The first-order valence-electron chi connectivity index (χ1n) is 4.94. The van der Waals surface area contributed by atoms with Crippen LogP contribution in [0.4, 0.5) is 0 Å². The van der Waals surface area contributed by atoms with Gasteiger partial charge < -0.3 is 10.1 Å². The van der Waals surface area contributed by atoms with E-state index in [4.69, 9.17) is 0 Å². The highest BCUT2D eigenvalue weighted by Gasteiger charge is 2.34. The predicted octanol–water partition coefficient (Wildman–Crippen LogP) is -0.901. The van der Waals surface area contributed by atoms with Gasteiger partial charge in [0, 0.05) is 0 Å². The zero-order valence-electron chi connectivity index (χ0n) is 9.23. The number of hydrogen-bond donors (Lipinski definition) is 1. The Morgan fingerprint density at radius 1 is 1.44 bits per heavy atom. The summed E-state index contributed by atoms with van der Waals surface area (Å²) in [4.78, 5) is 22.6. The van der Waals surface area contributed by atoms with Crippen molar-refractivity contribution in [2.75, 3.05) is 18.6 Å². The summed E-state index contributed by atoms with van der Waals surface area (Å²) in [6, 6.07) is -0.749. The van der Waals surface area contributed by atoms with E-state index in [1.807, 2.05) is 0 Å². The number of carbonyl (C=O) groups excluding carboxylic acids is 2. The molecule has 7 heteroatoms. The summed E-state index contributed by atoms with van der Waals surface area (Å²) in [6.45, 7) is 1.49. The number of carbonyl (C=O) groups is 2. The van der Waals surface area contributed by atoms with Gasteiger partial charge in [-0.3, -0.25) is 4.79 Å². The number of methoxy groups -OCH3 is 1. The second-order valence-corrected chi connectivity index (χ2v) is 6.08. The van der Waals surface area contributed by atoms with Gasteiger partial charge >= 0.3 is 5.97 Å². The number of sulfone groups is 1. The van der Waals surface area contributed by atoms with Crippen molar-refractivity contribution in [3.05, 3.63) is 0 Å². The van der Waals surface area contributed by atoms with Gasteiger partial charge in [0.1, 0.15) is 6.04 Å². The number of esters is 1. The summed E-state index contributed by atoms with van der Waals surface area (Å²) < 4.78 is 26.7. The molecular weight excluding hydrogens is 234 g/mol. The molecule has 0 aromatic rings. The van der Waals surface area contributed by atoms with Crippen LogP contribution in [0.2, 0.25) is 0 Å². The van der Waals surface area contributed by atoms with Crippen molar-refractivity contribution in [3.63, 3.8) is 0 Å². The summed E-state index contributed by atoms with van der Waals surface area (Å²) in [7, 11) is -1.85. The number of ether oxygens (including phenoxy) is 1. The minimum Gasteiger partial charge on any atom is -0.467 e. The molecule has 1 rings (SSSR count). The van der Waals surface area contributed by atoms with Gasteiger partial charge in [0.25, 0.3) is 0 Å². The van der Waals surface area contributed by atoms with Gasteiger partial charge in [-0.05, 0) is 13.3 Å². The van der Waals surface area contributed by atoms with Crippen molar-refractivity contribution >= 4 is 21.7 Å². The van der Waals surface area contributed by atoms with E-state index in [9.17, 15) is 18.0 Å². The van der Waals surface area contributed by atoms with Gasteiger partial charge in [-0.15, -0.1) is 0 Å². The molecule has 1 fully saturated rings. The molecule has 1 amide bonds. The van der Waals surface area contributed by atoms with Gasteiger partial charge in [-0.1, -0.05) is 0 Å². The molecule has 0 aromatic carbocycles. The zero-order valence-corrected chi connectivity index (χ0v) is 10.0. The minimum absolute atomic E-state index is 0.0394. The van der Waals surface area contributed by atoms with Crippen LogP contribution in [-0.2, 0) is 24.2 Å². The van der Waals surface area contributed by atoms with E-state index in [0.717, 1.165) is 0 Å². The Labute approximate surface area is 94.3 Å². The monoisotopic (exact) mass is 249 g/mol.